The van der Waals surface area contributed by atoms with Crippen molar-refractivity contribution in [3.63, 3.8) is 0 Å². The fourth-order valence-electron chi connectivity index (χ4n) is 3.17. The maximum absolute atomic E-state index is 11.1. The molecule has 3 heterocycles. The molecule has 0 aliphatic carbocycles. The maximum atomic E-state index is 11.1. The van der Waals surface area contributed by atoms with Crippen molar-refractivity contribution >= 4 is 38.6 Å². The first-order valence-electron chi connectivity index (χ1n) is 9.23. The Hall–Kier alpha value is -1.90. The Labute approximate surface area is 190 Å². The summed E-state index contributed by atoms with van der Waals surface area (Å²) in [5.74, 6) is -0.0129. The van der Waals surface area contributed by atoms with Crippen LogP contribution in [-0.2, 0) is 18.4 Å². The zero-order valence-electron chi connectivity index (χ0n) is 16.5. The summed E-state index contributed by atoms with van der Waals surface area (Å²) in [6.45, 7) is -0.488. The highest BCUT2D eigenvalue weighted by Gasteiger charge is 2.37. The highest BCUT2D eigenvalue weighted by atomic mass is 32.2. The molecular weight excluding hydrogens is 502 g/mol. The van der Waals surface area contributed by atoms with Gasteiger partial charge in [0.2, 0.25) is 0 Å². The Morgan fingerprint density at radius 3 is 2.67 bits per heavy atom. The Morgan fingerprint density at radius 1 is 1.15 bits per heavy atom. The number of fused-ring (bicyclic) bond motifs is 1. The largest absolute Gasteiger partial charge is 0.524 e. The molecule has 0 unspecified atom stereocenters. The van der Waals surface area contributed by atoms with Crippen molar-refractivity contribution < 1.29 is 47.6 Å². The number of aliphatic hydroxyl groups is 1. The van der Waals surface area contributed by atoms with Gasteiger partial charge >= 0.3 is 15.6 Å². The molecule has 17 heteroatoms. The third-order valence-electron chi connectivity index (χ3n) is 4.49. The van der Waals surface area contributed by atoms with Gasteiger partial charge in [0.1, 0.15) is 35.0 Å². The summed E-state index contributed by atoms with van der Waals surface area (Å²) in [7, 11) is -9.40. The second-order valence-corrected chi connectivity index (χ2v) is 10.3. The predicted octanol–water partition coefficient (Wildman–Crippen LogP) is 1.21. The summed E-state index contributed by atoms with van der Waals surface area (Å²) in [5.41, 5.74) is 0.806. The first-order chi connectivity index (χ1) is 15.5. The van der Waals surface area contributed by atoms with Crippen molar-refractivity contribution in [2.45, 2.75) is 34.8 Å². The first-order valence-corrected chi connectivity index (χ1v) is 13.1. The molecule has 4 rings (SSSR count). The number of aliphatic hydroxyl groups excluding tert-OH is 1. The number of nitrogens with zero attached hydrogens (tertiary/aromatic N) is 4. The van der Waals surface area contributed by atoms with Crippen LogP contribution in [0.5, 0.6) is 5.75 Å². The monoisotopic (exact) mass is 520 g/mol. The zero-order chi connectivity index (χ0) is 23.8. The number of ether oxygens (including phenoxy) is 1. The summed E-state index contributed by atoms with van der Waals surface area (Å²) < 4.78 is 38.3. The second kappa shape index (κ2) is 9.39. The minimum Gasteiger partial charge on any atom is -0.404 e. The van der Waals surface area contributed by atoms with Crippen molar-refractivity contribution in [2.24, 2.45) is 0 Å². The SMILES string of the molecule is O=P(O)(O)OC[C@H]1O[C@@H](n2cnc3c(Sc4cccc(OP(=O)(O)O)c4)ncnc32)C[C@@H]1O. The number of phosphoric ester groups is 2. The van der Waals surface area contributed by atoms with E-state index in [0.29, 0.717) is 21.1 Å². The fourth-order valence-corrected chi connectivity index (χ4v) is 4.78. The molecule has 33 heavy (non-hydrogen) atoms. The maximum Gasteiger partial charge on any atom is 0.524 e. The summed E-state index contributed by atoms with van der Waals surface area (Å²) in [6, 6.07) is 6.11. The fraction of sp³-hybridized carbons (Fsp3) is 0.312. The second-order valence-electron chi connectivity index (χ2n) is 6.88. The van der Waals surface area contributed by atoms with Crippen LogP contribution in [0.15, 0.2) is 46.8 Å². The van der Waals surface area contributed by atoms with Crippen LogP contribution in [0, 0.1) is 0 Å². The Morgan fingerprint density at radius 2 is 1.94 bits per heavy atom. The Bertz CT molecular complexity index is 1250. The van der Waals surface area contributed by atoms with Crippen LogP contribution in [0.25, 0.3) is 11.2 Å². The molecule has 0 bridgehead atoms. The van der Waals surface area contributed by atoms with Gasteiger partial charge in [-0.3, -0.25) is 18.9 Å². The minimum absolute atomic E-state index is 0.0129. The molecule has 2 aromatic heterocycles. The molecule has 1 aliphatic rings. The minimum atomic E-state index is -4.70. The molecule has 1 aromatic carbocycles. The number of rotatable bonds is 8. The van der Waals surface area contributed by atoms with Crippen LogP contribution in [-0.4, -0.2) is 63.0 Å². The number of imidazole rings is 1. The van der Waals surface area contributed by atoms with Crippen molar-refractivity contribution in [3.8, 4) is 5.75 Å². The van der Waals surface area contributed by atoms with Gasteiger partial charge in [0.25, 0.3) is 0 Å². The topological polar surface area (TPSA) is 207 Å². The van der Waals surface area contributed by atoms with E-state index in [9.17, 15) is 14.2 Å². The molecule has 0 radical (unpaired) electrons. The van der Waals surface area contributed by atoms with Crippen LogP contribution >= 0.6 is 27.4 Å². The van der Waals surface area contributed by atoms with E-state index in [-0.39, 0.29) is 12.2 Å². The van der Waals surface area contributed by atoms with E-state index < -0.39 is 40.7 Å². The lowest BCUT2D eigenvalue weighted by atomic mass is 10.2. The van der Waals surface area contributed by atoms with E-state index in [4.69, 9.17) is 24.3 Å². The number of aromatic nitrogens is 4. The van der Waals surface area contributed by atoms with E-state index in [1.165, 1.54) is 36.5 Å². The molecule has 1 fully saturated rings. The van der Waals surface area contributed by atoms with E-state index in [1.807, 2.05) is 0 Å². The first kappa shape index (κ1) is 24.2. The van der Waals surface area contributed by atoms with E-state index in [2.05, 4.69) is 24.0 Å². The Kier molecular flexibility index (Phi) is 6.90. The van der Waals surface area contributed by atoms with Crippen LogP contribution in [0.4, 0.5) is 0 Å². The smallest absolute Gasteiger partial charge is 0.404 e. The highest BCUT2D eigenvalue weighted by molar-refractivity contribution is 7.99. The van der Waals surface area contributed by atoms with Crippen molar-refractivity contribution in [3.05, 3.63) is 36.9 Å². The average Bonchev–Trinajstić information content (AvgIpc) is 3.29. The number of hydrogen-bond acceptors (Lipinski definition) is 10. The molecule has 3 aromatic rings. The molecular formula is C16H18N4O10P2S. The molecule has 1 aliphatic heterocycles. The lowest BCUT2D eigenvalue weighted by Crippen LogP contribution is -2.25. The molecule has 3 atom stereocenters. The van der Waals surface area contributed by atoms with E-state index in [1.54, 1.807) is 16.7 Å². The molecule has 1 saturated heterocycles. The van der Waals surface area contributed by atoms with Gasteiger partial charge in [-0.15, -0.1) is 0 Å². The van der Waals surface area contributed by atoms with Crippen LogP contribution in [0.3, 0.4) is 0 Å². The number of hydrogen-bond donors (Lipinski definition) is 5. The molecule has 0 saturated carbocycles. The van der Waals surface area contributed by atoms with Gasteiger partial charge < -0.3 is 24.2 Å². The molecule has 0 spiro atoms. The van der Waals surface area contributed by atoms with Gasteiger partial charge in [-0.1, -0.05) is 17.8 Å². The molecule has 0 amide bonds. The summed E-state index contributed by atoms with van der Waals surface area (Å²) >= 11 is 1.17. The predicted molar refractivity (Wildman–Crippen MR) is 111 cm³/mol. The van der Waals surface area contributed by atoms with E-state index in [0.717, 1.165) is 0 Å². The van der Waals surface area contributed by atoms with Gasteiger partial charge in [-0.2, -0.15) is 0 Å². The quantitative estimate of drug-likeness (QED) is 0.209. The summed E-state index contributed by atoms with van der Waals surface area (Å²) in [6.07, 6.45) is 0.190. The lowest BCUT2D eigenvalue weighted by molar-refractivity contribution is -0.0424. The number of benzene rings is 1. The summed E-state index contributed by atoms with van der Waals surface area (Å²) in [5, 5.41) is 10.6. The molecule has 178 valence electrons. The zero-order valence-corrected chi connectivity index (χ0v) is 19.1. The van der Waals surface area contributed by atoms with E-state index >= 15 is 0 Å². The third-order valence-corrected chi connectivity index (χ3v) is 6.41. The number of phosphoric acid groups is 2. The molecule has 14 nitrogen and oxygen atoms in total. The van der Waals surface area contributed by atoms with Gasteiger partial charge in [0.05, 0.1) is 19.0 Å². The standard InChI is InChI=1S/C16H18N4O10P2S/c21-11-5-13(29-12(11)6-28-31(22,23)24)20-8-19-14-15(20)17-7-18-16(14)33-10-3-1-2-9(4-10)30-32(25,26)27/h1-4,7-8,11-13,21H,5-6H2,(H2,22,23,24)(H2,25,26,27)/t11-,12+,13+/m0/s1. The van der Waals surface area contributed by atoms with Crippen LogP contribution in [0.2, 0.25) is 0 Å². The van der Waals surface area contributed by atoms with Crippen molar-refractivity contribution in [1.29, 1.82) is 0 Å². The average molecular weight is 520 g/mol. The normalized spacial score (nSPS) is 21.5. The molecule has 5 N–H and O–H groups in total. The van der Waals surface area contributed by atoms with Crippen LogP contribution in [0.1, 0.15) is 12.6 Å². The van der Waals surface area contributed by atoms with Crippen LogP contribution < -0.4 is 4.52 Å². The third kappa shape index (κ3) is 6.16. The van der Waals surface area contributed by atoms with Crippen molar-refractivity contribution in [1.82, 2.24) is 19.5 Å². The van der Waals surface area contributed by atoms with Gasteiger partial charge in [0.15, 0.2) is 5.65 Å². The lowest BCUT2D eigenvalue weighted by Gasteiger charge is -2.16. The Balaban J connectivity index is 1.54. The van der Waals surface area contributed by atoms with Gasteiger partial charge in [-0.25, -0.2) is 24.1 Å². The van der Waals surface area contributed by atoms with Crippen molar-refractivity contribution in [2.75, 3.05) is 6.61 Å². The summed E-state index contributed by atoms with van der Waals surface area (Å²) in [4.78, 5) is 49.0. The van der Waals surface area contributed by atoms with Gasteiger partial charge in [-0.05, 0) is 18.2 Å². The highest BCUT2D eigenvalue weighted by Crippen LogP contribution is 2.41. The van der Waals surface area contributed by atoms with Gasteiger partial charge in [0, 0.05) is 11.3 Å².